The van der Waals surface area contributed by atoms with Crippen LogP contribution < -0.4 is 4.74 Å². The van der Waals surface area contributed by atoms with Crippen LogP contribution in [-0.4, -0.2) is 35.6 Å². The van der Waals surface area contributed by atoms with Gasteiger partial charge in [0.05, 0.1) is 4.92 Å². The zero-order valence-electron chi connectivity index (χ0n) is 12.7. The first-order valence-corrected chi connectivity index (χ1v) is 7.82. The van der Waals surface area contributed by atoms with Crippen molar-refractivity contribution in [2.24, 2.45) is 0 Å². The second-order valence-electron chi connectivity index (χ2n) is 5.49. The molecule has 1 aromatic rings. The van der Waals surface area contributed by atoms with Crippen LogP contribution in [0.4, 0.5) is 5.69 Å². The molecule has 0 bridgehead atoms. The Morgan fingerprint density at radius 2 is 2.00 bits per heavy atom. The molecular formula is C16H24N2O3. The summed E-state index contributed by atoms with van der Waals surface area (Å²) >= 11 is 0. The van der Waals surface area contributed by atoms with E-state index in [-0.39, 0.29) is 5.69 Å². The highest BCUT2D eigenvalue weighted by atomic mass is 16.6. The molecule has 1 aromatic carbocycles. The molecule has 0 saturated heterocycles. The molecule has 1 fully saturated rings. The smallest absolute Gasteiger partial charge is 0.310 e. The molecule has 0 N–H and O–H groups in total. The number of benzene rings is 1. The molecular weight excluding hydrogens is 268 g/mol. The Morgan fingerprint density at radius 3 is 2.67 bits per heavy atom. The summed E-state index contributed by atoms with van der Waals surface area (Å²) in [5.74, 6) is 0.363. The standard InChI is InChI=1S/C16H24N2O3/c1-2-17(14-8-4-3-5-9-14)12-13-21-16-11-7-6-10-15(16)18(19)20/h6-7,10-11,14H,2-5,8-9,12-13H2,1H3. The Morgan fingerprint density at radius 1 is 1.29 bits per heavy atom. The second kappa shape index (κ2) is 7.98. The van der Waals surface area contributed by atoms with Gasteiger partial charge in [-0.25, -0.2) is 0 Å². The van der Waals surface area contributed by atoms with Gasteiger partial charge in [-0.05, 0) is 25.5 Å². The average molecular weight is 292 g/mol. The van der Waals surface area contributed by atoms with Crippen molar-refractivity contribution >= 4 is 5.69 Å². The van der Waals surface area contributed by atoms with Crippen LogP contribution in [0.1, 0.15) is 39.0 Å². The van der Waals surface area contributed by atoms with E-state index in [1.807, 2.05) is 0 Å². The molecule has 0 radical (unpaired) electrons. The number of ether oxygens (including phenoxy) is 1. The Labute approximate surface area is 126 Å². The molecule has 21 heavy (non-hydrogen) atoms. The van der Waals surface area contributed by atoms with Crippen molar-refractivity contribution in [2.75, 3.05) is 19.7 Å². The highest BCUT2D eigenvalue weighted by molar-refractivity contribution is 5.45. The molecule has 1 aliphatic carbocycles. The quantitative estimate of drug-likeness (QED) is 0.569. The van der Waals surface area contributed by atoms with Crippen LogP contribution in [0.25, 0.3) is 0 Å². The largest absolute Gasteiger partial charge is 0.485 e. The van der Waals surface area contributed by atoms with Crippen LogP contribution in [0.2, 0.25) is 0 Å². The van der Waals surface area contributed by atoms with E-state index < -0.39 is 4.92 Å². The van der Waals surface area contributed by atoms with Gasteiger partial charge in [-0.2, -0.15) is 0 Å². The predicted octanol–water partition coefficient (Wildman–Crippen LogP) is 3.63. The van der Waals surface area contributed by atoms with E-state index >= 15 is 0 Å². The maximum Gasteiger partial charge on any atom is 0.310 e. The number of rotatable bonds is 7. The molecule has 0 spiro atoms. The minimum absolute atomic E-state index is 0.0400. The van der Waals surface area contributed by atoms with Gasteiger partial charge in [-0.1, -0.05) is 38.3 Å². The maximum atomic E-state index is 10.9. The SMILES string of the molecule is CCN(CCOc1ccccc1[N+](=O)[O-])C1CCCCC1. The number of nitro groups is 1. The summed E-state index contributed by atoms with van der Waals surface area (Å²) in [6, 6.07) is 7.22. The molecule has 0 heterocycles. The summed E-state index contributed by atoms with van der Waals surface area (Å²) in [5.41, 5.74) is 0.0400. The Bertz CT molecular complexity index is 459. The average Bonchev–Trinajstić information content (AvgIpc) is 2.52. The van der Waals surface area contributed by atoms with Crippen molar-refractivity contribution < 1.29 is 9.66 Å². The molecule has 0 unspecified atom stereocenters. The highest BCUT2D eigenvalue weighted by Gasteiger charge is 2.20. The molecule has 1 saturated carbocycles. The fourth-order valence-corrected chi connectivity index (χ4v) is 3.05. The second-order valence-corrected chi connectivity index (χ2v) is 5.49. The first-order valence-electron chi connectivity index (χ1n) is 7.82. The third-order valence-electron chi connectivity index (χ3n) is 4.20. The summed E-state index contributed by atoms with van der Waals surface area (Å²) < 4.78 is 5.64. The van der Waals surface area contributed by atoms with E-state index in [2.05, 4.69) is 11.8 Å². The normalized spacial score (nSPS) is 16.1. The lowest BCUT2D eigenvalue weighted by molar-refractivity contribution is -0.385. The molecule has 0 atom stereocenters. The maximum absolute atomic E-state index is 10.9. The first-order chi connectivity index (χ1) is 10.2. The van der Waals surface area contributed by atoms with Gasteiger partial charge in [0.15, 0.2) is 5.75 Å². The summed E-state index contributed by atoms with van der Waals surface area (Å²) in [7, 11) is 0. The van der Waals surface area contributed by atoms with Gasteiger partial charge in [0.1, 0.15) is 6.61 Å². The van der Waals surface area contributed by atoms with E-state index in [9.17, 15) is 10.1 Å². The molecule has 116 valence electrons. The van der Waals surface area contributed by atoms with E-state index in [1.54, 1.807) is 18.2 Å². The minimum Gasteiger partial charge on any atom is -0.485 e. The Balaban J connectivity index is 1.86. The Hall–Kier alpha value is -1.62. The van der Waals surface area contributed by atoms with E-state index in [0.717, 1.165) is 13.1 Å². The summed E-state index contributed by atoms with van der Waals surface area (Å²) in [4.78, 5) is 13.0. The lowest BCUT2D eigenvalue weighted by Crippen LogP contribution is -2.39. The van der Waals surface area contributed by atoms with Crippen molar-refractivity contribution in [1.29, 1.82) is 0 Å². The van der Waals surface area contributed by atoms with Crippen molar-refractivity contribution in [2.45, 2.75) is 45.1 Å². The van der Waals surface area contributed by atoms with E-state index in [4.69, 9.17) is 4.74 Å². The van der Waals surface area contributed by atoms with Crippen LogP contribution >= 0.6 is 0 Å². The zero-order chi connectivity index (χ0) is 15.1. The predicted molar refractivity (Wildman–Crippen MR) is 82.7 cm³/mol. The van der Waals surface area contributed by atoms with E-state index in [1.165, 1.54) is 38.2 Å². The fraction of sp³-hybridized carbons (Fsp3) is 0.625. The molecule has 5 nitrogen and oxygen atoms in total. The fourth-order valence-electron chi connectivity index (χ4n) is 3.05. The van der Waals surface area contributed by atoms with Crippen LogP contribution in [0, 0.1) is 10.1 Å². The van der Waals surface area contributed by atoms with Gasteiger partial charge in [0.2, 0.25) is 0 Å². The van der Waals surface area contributed by atoms with Gasteiger partial charge in [0, 0.05) is 18.7 Å². The number of hydrogen-bond donors (Lipinski definition) is 0. The van der Waals surface area contributed by atoms with Gasteiger partial charge >= 0.3 is 5.69 Å². The molecule has 5 heteroatoms. The van der Waals surface area contributed by atoms with Crippen molar-refractivity contribution in [1.82, 2.24) is 4.90 Å². The van der Waals surface area contributed by atoms with Gasteiger partial charge in [-0.3, -0.25) is 15.0 Å². The summed E-state index contributed by atoms with van der Waals surface area (Å²) in [5, 5.41) is 10.9. The highest BCUT2D eigenvalue weighted by Crippen LogP contribution is 2.26. The van der Waals surface area contributed by atoms with Crippen LogP contribution in [0.15, 0.2) is 24.3 Å². The third kappa shape index (κ3) is 4.43. The number of hydrogen-bond acceptors (Lipinski definition) is 4. The third-order valence-corrected chi connectivity index (χ3v) is 4.20. The molecule has 0 amide bonds. The van der Waals surface area contributed by atoms with Crippen molar-refractivity contribution in [3.63, 3.8) is 0 Å². The topological polar surface area (TPSA) is 55.6 Å². The van der Waals surface area contributed by atoms with Gasteiger partial charge < -0.3 is 4.74 Å². The monoisotopic (exact) mass is 292 g/mol. The summed E-state index contributed by atoms with van der Waals surface area (Å²) in [6.07, 6.45) is 6.50. The van der Waals surface area contributed by atoms with Gasteiger partial charge in [0.25, 0.3) is 0 Å². The van der Waals surface area contributed by atoms with Crippen LogP contribution in [0.3, 0.4) is 0 Å². The van der Waals surface area contributed by atoms with E-state index in [0.29, 0.717) is 18.4 Å². The zero-order valence-corrected chi connectivity index (χ0v) is 12.7. The van der Waals surface area contributed by atoms with Crippen LogP contribution in [0.5, 0.6) is 5.75 Å². The van der Waals surface area contributed by atoms with Crippen molar-refractivity contribution in [3.8, 4) is 5.75 Å². The first kappa shape index (κ1) is 15.8. The molecule has 2 rings (SSSR count). The Kier molecular flexibility index (Phi) is 5.99. The molecule has 1 aliphatic rings. The number of likely N-dealkylation sites (N-methyl/N-ethyl adjacent to an activating group) is 1. The molecule has 0 aromatic heterocycles. The minimum atomic E-state index is -0.395. The lowest BCUT2D eigenvalue weighted by atomic mass is 9.94. The van der Waals surface area contributed by atoms with Crippen LogP contribution in [-0.2, 0) is 0 Å². The van der Waals surface area contributed by atoms with Crippen molar-refractivity contribution in [3.05, 3.63) is 34.4 Å². The number of nitro benzene ring substituents is 1. The number of nitrogens with zero attached hydrogens (tertiary/aromatic N) is 2. The van der Waals surface area contributed by atoms with Gasteiger partial charge in [-0.15, -0.1) is 0 Å². The lowest BCUT2D eigenvalue weighted by Gasteiger charge is -2.33. The summed E-state index contributed by atoms with van der Waals surface area (Å²) in [6.45, 7) is 4.49. The molecule has 0 aliphatic heterocycles. The number of para-hydroxylation sites is 2.